The fraction of sp³-hybridized carbons (Fsp3) is 0.948. The molecule has 0 aliphatic carbocycles. The Hall–Kier alpha value is -1.94. The molecule has 2 unspecified atom stereocenters. The number of phosphoric ester groups is 2. The van der Waals surface area contributed by atoms with Crippen LogP contribution in [0.3, 0.4) is 0 Å². The summed E-state index contributed by atoms with van der Waals surface area (Å²) in [6.45, 7) is 4.99. The van der Waals surface area contributed by atoms with Crippen LogP contribution < -0.4 is 0 Å². The van der Waals surface area contributed by atoms with E-state index in [-0.39, 0.29) is 25.7 Å². The first-order valence-corrected chi connectivity index (χ1v) is 43.3. The SMILES string of the molecule is CCCCCCCCCCCCCCCCCCCCC(=O)O[C@H](COC(=O)CCCCCCCCCCCCCCCCCCC)COP(=O)(O)OC[C@@H](O)COP(=O)(O)OC[C@@H](COC(=O)CCCCCCCCCCCC)OC(=O)CCCCCCCCCCCCC. The molecule has 0 spiro atoms. The molecule has 0 saturated carbocycles. The molecule has 0 bridgehead atoms. The predicted octanol–water partition coefficient (Wildman–Crippen LogP) is 23.0. The molecule has 0 rings (SSSR count). The van der Waals surface area contributed by atoms with Crippen LogP contribution in [-0.2, 0) is 65.4 Å². The first kappa shape index (κ1) is 94.1. The van der Waals surface area contributed by atoms with Crippen molar-refractivity contribution in [3.05, 3.63) is 0 Å². The van der Waals surface area contributed by atoms with Crippen molar-refractivity contribution in [1.29, 1.82) is 0 Å². The lowest BCUT2D eigenvalue weighted by Crippen LogP contribution is -2.30. The van der Waals surface area contributed by atoms with Crippen LogP contribution >= 0.6 is 15.6 Å². The molecule has 3 N–H and O–H groups in total. The van der Waals surface area contributed by atoms with Gasteiger partial charge in [-0.2, -0.15) is 0 Å². The Morgan fingerprint density at radius 2 is 0.417 bits per heavy atom. The molecule has 0 fully saturated rings. The van der Waals surface area contributed by atoms with Gasteiger partial charge in [0.05, 0.1) is 26.4 Å². The summed E-state index contributed by atoms with van der Waals surface area (Å²) >= 11 is 0. The van der Waals surface area contributed by atoms with E-state index in [0.29, 0.717) is 25.7 Å². The molecule has 0 saturated heterocycles. The van der Waals surface area contributed by atoms with E-state index in [2.05, 4.69) is 27.7 Å². The minimum absolute atomic E-state index is 0.108. The highest BCUT2D eigenvalue weighted by molar-refractivity contribution is 7.47. The van der Waals surface area contributed by atoms with E-state index >= 15 is 0 Å². The molecule has 0 aromatic rings. The number of esters is 4. The molecule has 19 heteroatoms. The summed E-state index contributed by atoms with van der Waals surface area (Å²) in [5.41, 5.74) is 0. The molecule has 96 heavy (non-hydrogen) atoms. The Morgan fingerprint density at radius 3 is 0.615 bits per heavy atom. The van der Waals surface area contributed by atoms with Crippen molar-refractivity contribution in [3.63, 3.8) is 0 Å². The molecule has 0 aliphatic rings. The minimum atomic E-state index is -4.96. The van der Waals surface area contributed by atoms with Crippen LogP contribution in [0.4, 0.5) is 0 Å². The van der Waals surface area contributed by atoms with E-state index < -0.39 is 97.5 Å². The molecule has 0 radical (unpaired) electrons. The zero-order chi connectivity index (χ0) is 70.4. The number of phosphoric acid groups is 2. The van der Waals surface area contributed by atoms with Gasteiger partial charge >= 0.3 is 39.5 Å². The lowest BCUT2D eigenvalue weighted by Gasteiger charge is -2.21. The van der Waals surface area contributed by atoms with Crippen LogP contribution in [0.25, 0.3) is 0 Å². The number of aliphatic hydroxyl groups excluding tert-OH is 1. The van der Waals surface area contributed by atoms with Gasteiger partial charge in [0, 0.05) is 25.7 Å². The Kier molecular flexibility index (Phi) is 70.0. The third-order valence-corrected chi connectivity index (χ3v) is 20.0. The first-order valence-electron chi connectivity index (χ1n) is 40.3. The van der Waals surface area contributed by atoms with E-state index in [1.54, 1.807) is 0 Å². The Balaban J connectivity index is 5.22. The van der Waals surface area contributed by atoms with Crippen LogP contribution in [0.1, 0.15) is 413 Å². The standard InChI is InChI=1S/C77H150O17P2/c1-5-9-13-17-21-25-29-31-33-35-37-39-41-44-48-52-56-60-64-77(82)94-73(68-88-75(80)62-58-54-50-46-43-40-38-36-34-32-30-26-22-18-14-10-6-2)70-92-96(85,86)90-66-71(78)65-89-95(83,84)91-69-72(67-87-74(79)61-57-53-49-45-28-24-20-16-12-8-4)93-76(81)63-59-55-51-47-42-27-23-19-15-11-7-3/h71-73,78H,5-70H2,1-4H3,(H,83,84)(H,85,86)/t71-,72+,73+/m0/s1. The van der Waals surface area contributed by atoms with Crippen molar-refractivity contribution in [1.82, 2.24) is 0 Å². The molecule has 0 aromatic heterocycles. The summed E-state index contributed by atoms with van der Waals surface area (Å²) in [5.74, 6) is -2.11. The van der Waals surface area contributed by atoms with Crippen molar-refractivity contribution in [2.24, 2.45) is 0 Å². The van der Waals surface area contributed by atoms with Gasteiger partial charge < -0.3 is 33.8 Å². The van der Waals surface area contributed by atoms with Crippen LogP contribution in [0, 0.1) is 0 Å². The number of rotatable bonds is 78. The van der Waals surface area contributed by atoms with E-state index in [0.717, 1.165) is 89.9 Å². The van der Waals surface area contributed by atoms with E-state index in [1.165, 1.54) is 244 Å². The molecule has 0 heterocycles. The third kappa shape index (κ3) is 70.5. The molecule has 17 nitrogen and oxygen atoms in total. The molecule has 0 aromatic carbocycles. The van der Waals surface area contributed by atoms with E-state index in [4.69, 9.17) is 37.0 Å². The van der Waals surface area contributed by atoms with E-state index in [1.807, 2.05) is 0 Å². The van der Waals surface area contributed by atoms with Gasteiger partial charge in [0.15, 0.2) is 12.2 Å². The second-order valence-electron chi connectivity index (χ2n) is 27.7. The summed E-state index contributed by atoms with van der Waals surface area (Å²) in [5, 5.41) is 10.6. The van der Waals surface area contributed by atoms with Gasteiger partial charge in [-0.15, -0.1) is 0 Å². The monoisotopic (exact) mass is 1410 g/mol. The van der Waals surface area contributed by atoms with Crippen molar-refractivity contribution < 1.29 is 80.2 Å². The lowest BCUT2D eigenvalue weighted by molar-refractivity contribution is -0.161. The van der Waals surface area contributed by atoms with Crippen LogP contribution in [0.2, 0.25) is 0 Å². The van der Waals surface area contributed by atoms with Crippen molar-refractivity contribution in [2.75, 3.05) is 39.6 Å². The summed E-state index contributed by atoms with van der Waals surface area (Å²) < 4.78 is 68.5. The maximum atomic E-state index is 13.1. The predicted molar refractivity (Wildman–Crippen MR) is 391 cm³/mol. The first-order chi connectivity index (χ1) is 46.7. The molecule has 570 valence electrons. The maximum Gasteiger partial charge on any atom is 0.472 e. The molecular weight excluding hydrogens is 1260 g/mol. The highest BCUT2D eigenvalue weighted by atomic mass is 31.2. The highest BCUT2D eigenvalue weighted by Gasteiger charge is 2.30. The third-order valence-electron chi connectivity index (χ3n) is 18.1. The summed E-state index contributed by atoms with van der Waals surface area (Å²) in [4.78, 5) is 72.8. The van der Waals surface area contributed by atoms with Crippen LogP contribution in [0.15, 0.2) is 0 Å². The number of aliphatic hydroxyl groups is 1. The largest absolute Gasteiger partial charge is 0.472 e. The van der Waals surface area contributed by atoms with Gasteiger partial charge in [-0.1, -0.05) is 362 Å². The zero-order valence-electron chi connectivity index (χ0n) is 62.4. The summed E-state index contributed by atoms with van der Waals surface area (Å²) in [6.07, 6.45) is 62.3. The Bertz CT molecular complexity index is 1830. The summed E-state index contributed by atoms with van der Waals surface area (Å²) in [7, 11) is -9.91. The molecule has 5 atom stereocenters. The van der Waals surface area contributed by atoms with Gasteiger partial charge in [-0.05, 0) is 25.7 Å². The fourth-order valence-corrected chi connectivity index (χ4v) is 13.5. The quantitative estimate of drug-likeness (QED) is 0.0222. The topological polar surface area (TPSA) is 237 Å². The van der Waals surface area contributed by atoms with Gasteiger partial charge in [-0.25, -0.2) is 9.13 Å². The number of hydrogen-bond acceptors (Lipinski definition) is 15. The molecular formula is C77H150O17P2. The normalized spacial score (nSPS) is 13.9. The van der Waals surface area contributed by atoms with Gasteiger partial charge in [0.25, 0.3) is 0 Å². The minimum Gasteiger partial charge on any atom is -0.462 e. The average Bonchev–Trinajstić information content (AvgIpc) is 3.07. The number of carbonyl (C=O) groups is 4. The Labute approximate surface area is 588 Å². The lowest BCUT2D eigenvalue weighted by atomic mass is 10.0. The van der Waals surface area contributed by atoms with Crippen molar-refractivity contribution in [3.8, 4) is 0 Å². The smallest absolute Gasteiger partial charge is 0.462 e. The average molecular weight is 1410 g/mol. The summed E-state index contributed by atoms with van der Waals surface area (Å²) in [6, 6.07) is 0. The second-order valence-corrected chi connectivity index (χ2v) is 30.7. The second kappa shape index (κ2) is 71.5. The van der Waals surface area contributed by atoms with Crippen LogP contribution in [-0.4, -0.2) is 96.7 Å². The molecule has 0 aliphatic heterocycles. The maximum absolute atomic E-state index is 13.1. The van der Waals surface area contributed by atoms with Gasteiger partial charge in [0.1, 0.15) is 19.3 Å². The van der Waals surface area contributed by atoms with Crippen molar-refractivity contribution in [2.45, 2.75) is 431 Å². The highest BCUT2D eigenvalue weighted by Crippen LogP contribution is 2.45. The van der Waals surface area contributed by atoms with Gasteiger partial charge in [-0.3, -0.25) is 37.3 Å². The van der Waals surface area contributed by atoms with Gasteiger partial charge in [0.2, 0.25) is 0 Å². The number of ether oxygens (including phenoxy) is 4. The zero-order valence-corrected chi connectivity index (χ0v) is 64.1. The van der Waals surface area contributed by atoms with Crippen LogP contribution in [0.5, 0.6) is 0 Å². The number of carbonyl (C=O) groups excluding carboxylic acids is 4. The van der Waals surface area contributed by atoms with E-state index in [9.17, 15) is 43.2 Å². The molecule has 0 amide bonds. The van der Waals surface area contributed by atoms with Crippen molar-refractivity contribution >= 4 is 39.5 Å². The fourth-order valence-electron chi connectivity index (χ4n) is 11.9. The number of unbranched alkanes of at least 4 members (excludes halogenated alkanes) is 52. The Morgan fingerprint density at radius 1 is 0.250 bits per heavy atom. The number of hydrogen-bond donors (Lipinski definition) is 3.